The van der Waals surface area contributed by atoms with Gasteiger partial charge in [-0.3, -0.25) is 9.59 Å². The standard InChI is InChI=1S/C26H30N2O4/c1-4-21(18-10-11-23-24(14-18)32-13-7-12-31-23)27-25(29)16-28-15-20(26(30)17(2)3)19-8-5-6-9-22(19)28/h5-6,8-11,14-15,17,21H,4,7,12-13,16H2,1-3H3,(H,27,29)/t21-/m0/s1. The van der Waals surface area contributed by atoms with Crippen LogP contribution >= 0.6 is 0 Å². The number of Topliss-reactive ketones (excluding diaryl/α,β-unsaturated/α-hetero) is 1. The van der Waals surface area contributed by atoms with Gasteiger partial charge >= 0.3 is 0 Å². The van der Waals surface area contributed by atoms with Crippen LogP contribution in [0.4, 0.5) is 0 Å². The summed E-state index contributed by atoms with van der Waals surface area (Å²) in [6.45, 7) is 7.24. The van der Waals surface area contributed by atoms with Crippen LogP contribution in [0.5, 0.6) is 11.5 Å². The van der Waals surface area contributed by atoms with E-state index >= 15 is 0 Å². The van der Waals surface area contributed by atoms with E-state index in [1.807, 2.05) is 67.8 Å². The first-order valence-electron chi connectivity index (χ1n) is 11.3. The third-order valence-corrected chi connectivity index (χ3v) is 5.81. The molecule has 0 unspecified atom stereocenters. The molecule has 1 N–H and O–H groups in total. The van der Waals surface area contributed by atoms with Crippen LogP contribution in [-0.4, -0.2) is 29.5 Å². The van der Waals surface area contributed by atoms with Crippen molar-refractivity contribution in [2.75, 3.05) is 13.2 Å². The highest BCUT2D eigenvalue weighted by molar-refractivity contribution is 6.09. The summed E-state index contributed by atoms with van der Waals surface area (Å²) in [5.41, 5.74) is 2.53. The van der Waals surface area contributed by atoms with Gasteiger partial charge < -0.3 is 19.4 Å². The third-order valence-electron chi connectivity index (χ3n) is 5.81. The van der Waals surface area contributed by atoms with Crippen LogP contribution in [0.1, 0.15) is 55.6 Å². The van der Waals surface area contributed by atoms with Crippen LogP contribution in [0.15, 0.2) is 48.7 Å². The van der Waals surface area contributed by atoms with Crippen molar-refractivity contribution < 1.29 is 19.1 Å². The first-order chi connectivity index (χ1) is 15.5. The maximum atomic E-state index is 13.0. The molecule has 32 heavy (non-hydrogen) atoms. The van der Waals surface area contributed by atoms with Crippen molar-refractivity contribution in [2.24, 2.45) is 5.92 Å². The highest BCUT2D eigenvalue weighted by Crippen LogP contribution is 2.33. The van der Waals surface area contributed by atoms with E-state index in [0.717, 1.165) is 40.8 Å². The molecule has 0 fully saturated rings. The van der Waals surface area contributed by atoms with E-state index in [9.17, 15) is 9.59 Å². The molecule has 6 nitrogen and oxygen atoms in total. The van der Waals surface area contributed by atoms with Crippen molar-refractivity contribution in [1.29, 1.82) is 0 Å². The zero-order valence-electron chi connectivity index (χ0n) is 18.9. The Bertz CT molecular complexity index is 1130. The average Bonchev–Trinajstić information content (AvgIpc) is 2.98. The molecule has 1 aliphatic rings. The van der Waals surface area contributed by atoms with Gasteiger partial charge in [0, 0.05) is 35.0 Å². The maximum Gasteiger partial charge on any atom is 0.240 e. The second kappa shape index (κ2) is 9.47. The maximum absolute atomic E-state index is 13.0. The Labute approximate surface area is 188 Å². The number of ether oxygens (including phenoxy) is 2. The monoisotopic (exact) mass is 434 g/mol. The number of para-hydroxylation sites is 1. The van der Waals surface area contributed by atoms with Gasteiger partial charge in [-0.25, -0.2) is 0 Å². The molecule has 1 aliphatic heterocycles. The molecule has 168 valence electrons. The molecular formula is C26H30N2O4. The quantitative estimate of drug-likeness (QED) is 0.537. The van der Waals surface area contributed by atoms with Gasteiger partial charge in [0.1, 0.15) is 6.54 Å². The Balaban J connectivity index is 1.54. The summed E-state index contributed by atoms with van der Waals surface area (Å²) < 4.78 is 13.4. The van der Waals surface area contributed by atoms with Gasteiger partial charge in [-0.1, -0.05) is 45.0 Å². The lowest BCUT2D eigenvalue weighted by atomic mass is 10.0. The molecule has 0 aliphatic carbocycles. The van der Waals surface area contributed by atoms with Gasteiger partial charge in [0.2, 0.25) is 5.91 Å². The predicted octanol–water partition coefficient (Wildman–Crippen LogP) is 4.91. The Morgan fingerprint density at radius 1 is 1.06 bits per heavy atom. The summed E-state index contributed by atoms with van der Waals surface area (Å²) in [5, 5.41) is 4.02. The third kappa shape index (κ3) is 4.49. The Morgan fingerprint density at radius 2 is 1.81 bits per heavy atom. The van der Waals surface area contributed by atoms with Crippen molar-refractivity contribution in [3.8, 4) is 11.5 Å². The number of aromatic nitrogens is 1. The summed E-state index contributed by atoms with van der Waals surface area (Å²) in [4.78, 5) is 25.7. The van der Waals surface area contributed by atoms with Crippen LogP contribution in [0.2, 0.25) is 0 Å². The van der Waals surface area contributed by atoms with Crippen molar-refractivity contribution in [3.63, 3.8) is 0 Å². The zero-order valence-corrected chi connectivity index (χ0v) is 18.9. The summed E-state index contributed by atoms with van der Waals surface area (Å²) in [7, 11) is 0. The van der Waals surface area contributed by atoms with E-state index in [2.05, 4.69) is 5.32 Å². The number of carbonyl (C=O) groups is 2. The van der Waals surface area contributed by atoms with E-state index in [1.54, 1.807) is 6.20 Å². The summed E-state index contributed by atoms with van der Waals surface area (Å²) in [6, 6.07) is 13.4. The first-order valence-corrected chi connectivity index (χ1v) is 11.3. The highest BCUT2D eigenvalue weighted by atomic mass is 16.5. The van der Waals surface area contributed by atoms with Crippen molar-refractivity contribution >= 4 is 22.6 Å². The van der Waals surface area contributed by atoms with Crippen molar-refractivity contribution in [1.82, 2.24) is 9.88 Å². The van der Waals surface area contributed by atoms with E-state index < -0.39 is 0 Å². The smallest absolute Gasteiger partial charge is 0.240 e. The van der Waals surface area contributed by atoms with E-state index in [-0.39, 0.29) is 30.2 Å². The number of rotatable bonds is 7. The van der Waals surface area contributed by atoms with Crippen molar-refractivity contribution in [2.45, 2.75) is 46.2 Å². The molecule has 2 aromatic carbocycles. The largest absolute Gasteiger partial charge is 0.490 e. The molecule has 4 rings (SSSR count). The number of amides is 1. The topological polar surface area (TPSA) is 69.6 Å². The fourth-order valence-corrected chi connectivity index (χ4v) is 4.10. The predicted molar refractivity (Wildman–Crippen MR) is 124 cm³/mol. The highest BCUT2D eigenvalue weighted by Gasteiger charge is 2.20. The minimum absolute atomic E-state index is 0.0824. The molecule has 3 aromatic rings. The van der Waals surface area contributed by atoms with Crippen LogP contribution in [0.25, 0.3) is 10.9 Å². The zero-order chi connectivity index (χ0) is 22.7. The lowest BCUT2D eigenvalue weighted by Crippen LogP contribution is -2.31. The summed E-state index contributed by atoms with van der Waals surface area (Å²) >= 11 is 0. The van der Waals surface area contributed by atoms with Gasteiger partial charge in [0.15, 0.2) is 17.3 Å². The molecule has 1 atom stereocenters. The van der Waals surface area contributed by atoms with Gasteiger partial charge in [0.25, 0.3) is 0 Å². The Morgan fingerprint density at radius 3 is 2.56 bits per heavy atom. The number of benzene rings is 2. The minimum Gasteiger partial charge on any atom is -0.490 e. The number of nitrogens with one attached hydrogen (secondary N) is 1. The second-order valence-corrected chi connectivity index (χ2v) is 8.49. The minimum atomic E-state index is -0.141. The van der Waals surface area contributed by atoms with Crippen LogP contribution in [0.3, 0.4) is 0 Å². The number of hydrogen-bond acceptors (Lipinski definition) is 4. The fourth-order valence-electron chi connectivity index (χ4n) is 4.10. The Hall–Kier alpha value is -3.28. The SMILES string of the molecule is CC[C@H](NC(=O)Cn1cc(C(=O)C(C)C)c2ccccc21)c1ccc2c(c1)OCCCO2. The molecule has 2 heterocycles. The normalized spacial score (nSPS) is 14.2. The van der Waals surface area contributed by atoms with Gasteiger partial charge in [0.05, 0.1) is 19.3 Å². The molecule has 0 bridgehead atoms. The lowest BCUT2D eigenvalue weighted by molar-refractivity contribution is -0.122. The molecule has 0 spiro atoms. The summed E-state index contributed by atoms with van der Waals surface area (Å²) in [5.74, 6) is 1.34. The number of ketones is 1. The average molecular weight is 435 g/mol. The molecule has 0 saturated carbocycles. The van der Waals surface area contributed by atoms with E-state index in [1.165, 1.54) is 0 Å². The number of fused-ring (bicyclic) bond motifs is 2. The van der Waals surface area contributed by atoms with Crippen LogP contribution < -0.4 is 14.8 Å². The second-order valence-electron chi connectivity index (χ2n) is 8.49. The van der Waals surface area contributed by atoms with E-state index in [4.69, 9.17) is 9.47 Å². The lowest BCUT2D eigenvalue weighted by Gasteiger charge is -2.19. The molecule has 0 saturated heterocycles. The summed E-state index contributed by atoms with van der Waals surface area (Å²) in [6.07, 6.45) is 3.40. The first kappa shape index (κ1) is 21.9. The van der Waals surface area contributed by atoms with Crippen LogP contribution in [0, 0.1) is 5.92 Å². The molecular weight excluding hydrogens is 404 g/mol. The number of carbonyl (C=O) groups excluding carboxylic acids is 2. The van der Waals surface area contributed by atoms with Gasteiger partial charge in [-0.15, -0.1) is 0 Å². The van der Waals surface area contributed by atoms with Gasteiger partial charge in [-0.2, -0.15) is 0 Å². The molecule has 1 amide bonds. The van der Waals surface area contributed by atoms with Crippen molar-refractivity contribution in [3.05, 3.63) is 59.8 Å². The van der Waals surface area contributed by atoms with E-state index in [0.29, 0.717) is 18.8 Å². The molecule has 0 radical (unpaired) electrons. The number of hydrogen-bond donors (Lipinski definition) is 1. The fraction of sp³-hybridized carbons (Fsp3) is 0.385. The Kier molecular flexibility index (Phi) is 6.49. The number of nitrogens with zero attached hydrogens (tertiary/aromatic N) is 1. The van der Waals surface area contributed by atoms with Crippen LogP contribution in [-0.2, 0) is 11.3 Å². The molecule has 1 aromatic heterocycles. The molecule has 6 heteroatoms. The van der Waals surface area contributed by atoms with Gasteiger partial charge in [-0.05, 0) is 30.2 Å².